The van der Waals surface area contributed by atoms with E-state index in [1.54, 1.807) is 11.1 Å². The molecule has 1 aromatic carbocycles. The van der Waals surface area contributed by atoms with Crippen molar-refractivity contribution >= 4 is 11.6 Å². The fraction of sp³-hybridized carbons (Fsp3) is 0.708. The molecule has 4 rings (SSSR count). The van der Waals surface area contributed by atoms with E-state index in [1.807, 2.05) is 11.8 Å². The van der Waals surface area contributed by atoms with E-state index in [0.717, 1.165) is 44.9 Å². The van der Waals surface area contributed by atoms with Crippen LogP contribution in [0, 0.1) is 5.92 Å². The number of hydrogen-bond acceptors (Lipinski definition) is 4. The van der Waals surface area contributed by atoms with Crippen LogP contribution in [0.15, 0.2) is 18.2 Å². The SMILES string of the molecule is CCOCC(=O)N1CCC(CCN2CCN(c3cccc4c3CCC4)CC2)CC1. The molecule has 1 aromatic rings. The number of carbonyl (C=O) groups is 1. The maximum absolute atomic E-state index is 12.1. The lowest BCUT2D eigenvalue weighted by Crippen LogP contribution is -2.47. The van der Waals surface area contributed by atoms with Gasteiger partial charge in [0.15, 0.2) is 0 Å². The monoisotopic (exact) mass is 399 g/mol. The van der Waals surface area contributed by atoms with Gasteiger partial charge in [-0.05, 0) is 75.1 Å². The highest BCUT2D eigenvalue weighted by Gasteiger charge is 2.25. The van der Waals surface area contributed by atoms with Crippen LogP contribution in [-0.2, 0) is 22.4 Å². The molecule has 160 valence electrons. The standard InChI is InChI=1S/C24H37N3O2/c1-2-29-19-24(28)27-13-10-20(11-14-27)9-12-25-15-17-26(18-16-25)23-8-4-6-21-5-3-7-22(21)23/h4,6,8,20H,2-3,5,7,9-19H2,1H3. The number of rotatable bonds is 7. The summed E-state index contributed by atoms with van der Waals surface area (Å²) >= 11 is 0. The van der Waals surface area contributed by atoms with Crippen molar-refractivity contribution in [1.29, 1.82) is 0 Å². The van der Waals surface area contributed by atoms with E-state index in [4.69, 9.17) is 4.74 Å². The molecule has 0 aromatic heterocycles. The van der Waals surface area contributed by atoms with Crippen LogP contribution in [0.3, 0.4) is 0 Å². The molecule has 3 aliphatic rings. The summed E-state index contributed by atoms with van der Waals surface area (Å²) in [5.74, 6) is 0.926. The fourth-order valence-electron chi connectivity index (χ4n) is 5.23. The number of likely N-dealkylation sites (tertiary alicyclic amines) is 1. The zero-order valence-electron chi connectivity index (χ0n) is 18.1. The number of amides is 1. The zero-order chi connectivity index (χ0) is 20.1. The van der Waals surface area contributed by atoms with Gasteiger partial charge in [-0.15, -0.1) is 0 Å². The van der Waals surface area contributed by atoms with Crippen molar-refractivity contribution in [1.82, 2.24) is 9.80 Å². The second-order valence-corrected chi connectivity index (χ2v) is 8.85. The zero-order valence-corrected chi connectivity index (χ0v) is 18.1. The van der Waals surface area contributed by atoms with E-state index < -0.39 is 0 Å². The maximum atomic E-state index is 12.1. The van der Waals surface area contributed by atoms with Gasteiger partial charge in [-0.1, -0.05) is 12.1 Å². The number of ether oxygens (including phenoxy) is 1. The molecule has 0 spiro atoms. The highest BCUT2D eigenvalue weighted by atomic mass is 16.5. The van der Waals surface area contributed by atoms with Crippen molar-refractivity contribution in [3.8, 4) is 0 Å². The smallest absolute Gasteiger partial charge is 0.248 e. The minimum absolute atomic E-state index is 0.161. The molecule has 29 heavy (non-hydrogen) atoms. The number of hydrogen-bond donors (Lipinski definition) is 0. The topological polar surface area (TPSA) is 36.0 Å². The van der Waals surface area contributed by atoms with Crippen molar-refractivity contribution in [2.24, 2.45) is 5.92 Å². The summed E-state index contributed by atoms with van der Waals surface area (Å²) in [5.41, 5.74) is 4.70. The molecule has 1 amide bonds. The second kappa shape index (κ2) is 9.94. The van der Waals surface area contributed by atoms with Gasteiger partial charge >= 0.3 is 0 Å². The van der Waals surface area contributed by atoms with Crippen LogP contribution in [0.4, 0.5) is 5.69 Å². The molecular weight excluding hydrogens is 362 g/mol. The Morgan fingerprint density at radius 2 is 1.86 bits per heavy atom. The van der Waals surface area contributed by atoms with Crippen molar-refractivity contribution in [3.63, 3.8) is 0 Å². The number of carbonyl (C=O) groups excluding carboxylic acids is 1. The summed E-state index contributed by atoms with van der Waals surface area (Å²) in [7, 11) is 0. The lowest BCUT2D eigenvalue weighted by Gasteiger charge is -2.38. The Bertz CT molecular complexity index is 677. The third-order valence-electron chi connectivity index (χ3n) is 7.08. The van der Waals surface area contributed by atoms with Gasteiger partial charge in [0.25, 0.3) is 0 Å². The van der Waals surface area contributed by atoms with Gasteiger partial charge in [-0.25, -0.2) is 0 Å². The first-order valence-electron chi connectivity index (χ1n) is 11.7. The average molecular weight is 400 g/mol. The first-order valence-corrected chi connectivity index (χ1v) is 11.7. The molecule has 0 N–H and O–H groups in total. The molecule has 1 aliphatic carbocycles. The third-order valence-corrected chi connectivity index (χ3v) is 7.08. The molecule has 5 nitrogen and oxygen atoms in total. The molecule has 2 aliphatic heterocycles. The highest BCUT2D eigenvalue weighted by Crippen LogP contribution is 2.32. The summed E-state index contributed by atoms with van der Waals surface area (Å²) in [6.45, 7) is 10.5. The predicted octanol–water partition coefficient (Wildman–Crippen LogP) is 2.96. The Kier molecular flexibility index (Phi) is 7.09. The number of piperazine rings is 1. The van der Waals surface area contributed by atoms with Gasteiger partial charge in [-0.2, -0.15) is 0 Å². The third kappa shape index (κ3) is 5.13. The van der Waals surface area contributed by atoms with E-state index in [-0.39, 0.29) is 12.5 Å². The number of benzene rings is 1. The van der Waals surface area contributed by atoms with Gasteiger partial charge < -0.3 is 14.5 Å². The van der Waals surface area contributed by atoms with E-state index in [2.05, 4.69) is 28.0 Å². The molecule has 2 fully saturated rings. The van der Waals surface area contributed by atoms with Crippen LogP contribution in [0.5, 0.6) is 0 Å². The second-order valence-electron chi connectivity index (χ2n) is 8.85. The first-order chi connectivity index (χ1) is 14.2. The molecule has 2 heterocycles. The van der Waals surface area contributed by atoms with Gasteiger partial charge in [0, 0.05) is 51.6 Å². The molecular formula is C24H37N3O2. The number of fused-ring (bicyclic) bond motifs is 1. The van der Waals surface area contributed by atoms with E-state index >= 15 is 0 Å². The molecule has 2 saturated heterocycles. The van der Waals surface area contributed by atoms with Gasteiger partial charge in [-0.3, -0.25) is 9.69 Å². The lowest BCUT2D eigenvalue weighted by molar-refractivity contribution is -0.137. The highest BCUT2D eigenvalue weighted by molar-refractivity contribution is 5.77. The normalized spacial score (nSPS) is 20.9. The Labute approximate surface area is 176 Å². The Morgan fingerprint density at radius 3 is 2.62 bits per heavy atom. The molecule has 0 radical (unpaired) electrons. The molecule has 0 atom stereocenters. The van der Waals surface area contributed by atoms with Crippen LogP contribution in [0.1, 0.15) is 43.7 Å². The molecule has 5 heteroatoms. The molecule has 0 bridgehead atoms. The first kappa shape index (κ1) is 20.7. The minimum Gasteiger partial charge on any atom is -0.372 e. The largest absolute Gasteiger partial charge is 0.372 e. The summed E-state index contributed by atoms with van der Waals surface area (Å²) in [4.78, 5) is 19.3. The van der Waals surface area contributed by atoms with Crippen LogP contribution in [0.2, 0.25) is 0 Å². The predicted molar refractivity (Wildman–Crippen MR) is 118 cm³/mol. The van der Waals surface area contributed by atoms with Crippen LogP contribution in [-0.4, -0.2) is 74.7 Å². The van der Waals surface area contributed by atoms with Gasteiger partial charge in [0.1, 0.15) is 6.61 Å². The number of piperidine rings is 1. The summed E-state index contributed by atoms with van der Waals surface area (Å²) in [6.07, 6.45) is 7.41. The summed E-state index contributed by atoms with van der Waals surface area (Å²) in [6, 6.07) is 6.90. The number of nitrogens with zero attached hydrogens (tertiary/aromatic N) is 3. The quantitative estimate of drug-likeness (QED) is 0.706. The van der Waals surface area contributed by atoms with Crippen molar-refractivity contribution in [3.05, 3.63) is 29.3 Å². The summed E-state index contributed by atoms with van der Waals surface area (Å²) < 4.78 is 5.27. The van der Waals surface area contributed by atoms with Crippen LogP contribution < -0.4 is 4.90 Å². The van der Waals surface area contributed by atoms with Crippen LogP contribution >= 0.6 is 0 Å². The van der Waals surface area contributed by atoms with Gasteiger partial charge in [0.2, 0.25) is 5.91 Å². The molecule has 0 saturated carbocycles. The maximum Gasteiger partial charge on any atom is 0.248 e. The Hall–Kier alpha value is -1.59. The average Bonchev–Trinajstić information content (AvgIpc) is 3.26. The van der Waals surface area contributed by atoms with Crippen molar-refractivity contribution < 1.29 is 9.53 Å². The van der Waals surface area contributed by atoms with E-state index in [1.165, 1.54) is 51.0 Å². The number of aryl methyl sites for hydroxylation is 1. The Balaban J connectivity index is 1.17. The Morgan fingerprint density at radius 1 is 1.07 bits per heavy atom. The van der Waals surface area contributed by atoms with Crippen molar-refractivity contribution in [2.75, 3.05) is 63.9 Å². The molecule has 0 unspecified atom stereocenters. The van der Waals surface area contributed by atoms with E-state index in [9.17, 15) is 4.79 Å². The minimum atomic E-state index is 0.161. The van der Waals surface area contributed by atoms with E-state index in [0.29, 0.717) is 6.61 Å². The van der Waals surface area contributed by atoms with Crippen LogP contribution in [0.25, 0.3) is 0 Å². The summed E-state index contributed by atoms with van der Waals surface area (Å²) in [5, 5.41) is 0. The lowest BCUT2D eigenvalue weighted by atomic mass is 9.93. The number of anilines is 1. The van der Waals surface area contributed by atoms with Crippen molar-refractivity contribution in [2.45, 2.75) is 45.4 Å². The van der Waals surface area contributed by atoms with Gasteiger partial charge in [0.05, 0.1) is 0 Å². The fourth-order valence-corrected chi connectivity index (χ4v) is 5.23.